The number of unbranched alkanes of at least 4 members (excludes halogenated alkanes) is 10. The van der Waals surface area contributed by atoms with Gasteiger partial charge in [-0.2, -0.15) is 0 Å². The van der Waals surface area contributed by atoms with Gasteiger partial charge in [-0.1, -0.05) is 65.2 Å². The minimum Gasteiger partial charge on any atom is -0.481 e. The molecule has 0 aromatic carbocycles. The van der Waals surface area contributed by atoms with E-state index in [1.165, 1.54) is 0 Å². The summed E-state index contributed by atoms with van der Waals surface area (Å²) in [6.07, 6.45) is 10.7. The number of rotatable bonds is 39. The molecule has 0 aromatic rings. The SMILES string of the molecule is CC(C)C(=O)COCCOCCNC(=O)COCCOCCCC[C@H](NC(=O)CCC(NC(=O)CCCCCCCCCCCCC(=O)O)C(=O)O)C(=O)O.NC=O. The summed E-state index contributed by atoms with van der Waals surface area (Å²) >= 11 is 0. The van der Waals surface area contributed by atoms with E-state index in [9.17, 15) is 43.8 Å². The van der Waals surface area contributed by atoms with Gasteiger partial charge in [0.15, 0.2) is 5.78 Å². The highest BCUT2D eigenvalue weighted by Crippen LogP contribution is 2.12. The number of primary amides is 1. The first kappa shape index (κ1) is 55.9. The summed E-state index contributed by atoms with van der Waals surface area (Å²) in [5.41, 5.74) is 4.17. The fraction of sp³-hybridized carbons (Fsp3) is 0.795. The lowest BCUT2D eigenvalue weighted by Gasteiger charge is -2.17. The molecule has 0 fully saturated rings. The number of carboxylic acid groups (broad SMARTS) is 3. The van der Waals surface area contributed by atoms with Crippen LogP contribution in [0.3, 0.4) is 0 Å². The number of carboxylic acids is 3. The van der Waals surface area contributed by atoms with Crippen LogP contribution in [0.4, 0.5) is 0 Å². The van der Waals surface area contributed by atoms with E-state index in [1.807, 2.05) is 13.8 Å². The second-order valence-electron chi connectivity index (χ2n) is 13.8. The van der Waals surface area contributed by atoms with Crippen LogP contribution in [-0.4, -0.2) is 135 Å². The average molecular weight is 835 g/mol. The number of nitrogens with one attached hydrogen (secondary N) is 3. The first-order valence-corrected chi connectivity index (χ1v) is 20.3. The number of Topliss-reactive ketones (excluding diaryl/α,β-unsaturated/α-hetero) is 1. The van der Waals surface area contributed by atoms with Gasteiger partial charge >= 0.3 is 17.9 Å². The Morgan fingerprint density at radius 1 is 0.534 bits per heavy atom. The van der Waals surface area contributed by atoms with E-state index in [-0.39, 0.29) is 82.6 Å². The Morgan fingerprint density at radius 2 is 0.983 bits per heavy atom. The minimum absolute atomic E-state index is 0.0277. The van der Waals surface area contributed by atoms with Gasteiger partial charge in [-0.15, -0.1) is 0 Å². The molecule has 8 N–H and O–H groups in total. The van der Waals surface area contributed by atoms with Crippen molar-refractivity contribution in [3.63, 3.8) is 0 Å². The molecule has 336 valence electrons. The van der Waals surface area contributed by atoms with Gasteiger partial charge in [0.25, 0.3) is 0 Å². The number of hydrogen-bond donors (Lipinski definition) is 7. The number of ether oxygens (including phenoxy) is 4. The van der Waals surface area contributed by atoms with Gasteiger partial charge in [-0.05, 0) is 38.5 Å². The van der Waals surface area contributed by atoms with Crippen LogP contribution >= 0.6 is 0 Å². The van der Waals surface area contributed by atoms with Gasteiger partial charge in [0.05, 0.1) is 33.0 Å². The number of amides is 4. The Balaban J connectivity index is 0. The number of ketones is 1. The van der Waals surface area contributed by atoms with E-state index in [1.54, 1.807) is 0 Å². The summed E-state index contributed by atoms with van der Waals surface area (Å²) < 4.78 is 21.3. The fourth-order valence-electron chi connectivity index (χ4n) is 5.11. The van der Waals surface area contributed by atoms with E-state index in [4.69, 9.17) is 28.8 Å². The lowest BCUT2D eigenvalue weighted by atomic mass is 10.0. The smallest absolute Gasteiger partial charge is 0.326 e. The summed E-state index contributed by atoms with van der Waals surface area (Å²) in [7, 11) is 0. The van der Waals surface area contributed by atoms with Gasteiger partial charge < -0.3 is 56.0 Å². The molecule has 0 radical (unpaired) electrons. The molecule has 0 saturated heterocycles. The molecule has 0 aliphatic rings. The third-order valence-corrected chi connectivity index (χ3v) is 8.44. The number of hydrogen-bond acceptors (Lipinski definition) is 12. The molecular formula is C39H70N4O15. The van der Waals surface area contributed by atoms with Crippen LogP contribution in [0.25, 0.3) is 0 Å². The molecule has 0 spiro atoms. The molecule has 0 heterocycles. The zero-order valence-electron chi connectivity index (χ0n) is 34.5. The van der Waals surface area contributed by atoms with Crippen LogP contribution in [-0.2, 0) is 57.3 Å². The summed E-state index contributed by atoms with van der Waals surface area (Å²) in [6, 6.07) is -2.42. The minimum atomic E-state index is -1.27. The highest BCUT2D eigenvalue weighted by Gasteiger charge is 2.23. The molecule has 1 unspecified atom stereocenters. The van der Waals surface area contributed by atoms with Crippen LogP contribution in [0.15, 0.2) is 0 Å². The lowest BCUT2D eigenvalue weighted by Crippen LogP contribution is -2.43. The summed E-state index contributed by atoms with van der Waals surface area (Å²) in [6.45, 7) is 5.45. The van der Waals surface area contributed by atoms with E-state index in [0.29, 0.717) is 58.7 Å². The number of carbonyl (C=O) groups is 8. The maximum atomic E-state index is 12.4. The standard InChI is InChI=1S/C38H67N3O14.CH3NO/c1-29(2)32(42)27-54-25-24-53-22-20-39-35(45)28-55-26-23-52-21-14-13-15-30(37(48)49)40-34(44)19-18-31(38(50)51)41-33(43)16-11-9-7-5-3-4-6-8-10-12-17-36(46)47;2-1-3/h29-31H,3-28H2,1-2H3,(H,39,45)(H,40,44)(H,41,43)(H,46,47)(H,48,49)(H,50,51);1H,(H2,2,3)/t30-,31?;/m0./s1. The molecule has 2 atom stereocenters. The van der Waals surface area contributed by atoms with Crippen LogP contribution in [0.5, 0.6) is 0 Å². The monoisotopic (exact) mass is 834 g/mol. The quantitative estimate of drug-likeness (QED) is 0.0346. The average Bonchev–Trinajstić information content (AvgIpc) is 3.16. The normalized spacial score (nSPS) is 11.8. The lowest BCUT2D eigenvalue weighted by molar-refractivity contribution is -0.143. The van der Waals surface area contributed by atoms with Gasteiger partial charge in [-0.25, -0.2) is 9.59 Å². The van der Waals surface area contributed by atoms with Crippen LogP contribution in [0.1, 0.15) is 123 Å². The third-order valence-electron chi connectivity index (χ3n) is 8.44. The first-order valence-electron chi connectivity index (χ1n) is 20.3. The summed E-state index contributed by atoms with van der Waals surface area (Å²) in [4.78, 5) is 90.5. The fourth-order valence-corrected chi connectivity index (χ4v) is 5.11. The Labute approximate surface area is 342 Å². The summed E-state index contributed by atoms with van der Waals surface area (Å²) in [5, 5.41) is 35.2. The highest BCUT2D eigenvalue weighted by molar-refractivity contribution is 5.86. The topological polar surface area (TPSA) is 296 Å². The largest absolute Gasteiger partial charge is 0.481 e. The van der Waals surface area contributed by atoms with Gasteiger partial charge in [-0.3, -0.25) is 28.8 Å². The highest BCUT2D eigenvalue weighted by atomic mass is 16.5. The molecule has 0 rings (SSSR count). The third kappa shape index (κ3) is 38.7. The number of aliphatic carboxylic acids is 3. The van der Waals surface area contributed by atoms with Gasteiger partial charge in [0.1, 0.15) is 25.3 Å². The molecular weight excluding hydrogens is 764 g/mol. The number of nitrogens with two attached hydrogens (primary N) is 1. The van der Waals surface area contributed by atoms with E-state index < -0.39 is 41.8 Å². The van der Waals surface area contributed by atoms with Crippen molar-refractivity contribution >= 4 is 47.8 Å². The van der Waals surface area contributed by atoms with Crippen LogP contribution in [0, 0.1) is 5.92 Å². The Morgan fingerprint density at radius 3 is 1.50 bits per heavy atom. The Bertz CT molecular complexity index is 1160. The van der Waals surface area contributed by atoms with E-state index in [0.717, 1.165) is 51.4 Å². The van der Waals surface area contributed by atoms with Crippen molar-refractivity contribution < 1.29 is 72.6 Å². The first-order chi connectivity index (χ1) is 27.7. The zero-order valence-corrected chi connectivity index (χ0v) is 34.5. The zero-order chi connectivity index (χ0) is 43.8. The van der Waals surface area contributed by atoms with Gasteiger partial charge in [0, 0.05) is 38.3 Å². The van der Waals surface area contributed by atoms with E-state index >= 15 is 0 Å². The number of carbonyl (C=O) groups excluding carboxylic acids is 5. The molecule has 0 aromatic heterocycles. The Kier molecular flexibility index (Phi) is 38.2. The van der Waals surface area contributed by atoms with Gasteiger partial charge in [0.2, 0.25) is 24.1 Å². The molecule has 0 bridgehead atoms. The maximum Gasteiger partial charge on any atom is 0.326 e. The van der Waals surface area contributed by atoms with Crippen molar-refractivity contribution in [3.05, 3.63) is 0 Å². The summed E-state index contributed by atoms with van der Waals surface area (Å²) in [5.74, 6) is -4.63. The van der Waals surface area contributed by atoms with E-state index in [2.05, 4.69) is 21.7 Å². The van der Waals surface area contributed by atoms with Crippen LogP contribution < -0.4 is 21.7 Å². The van der Waals surface area contributed by atoms with Crippen molar-refractivity contribution in [2.75, 3.05) is 59.4 Å². The van der Waals surface area contributed by atoms with Crippen molar-refractivity contribution in [3.8, 4) is 0 Å². The molecule has 0 saturated carbocycles. The van der Waals surface area contributed by atoms with Crippen LogP contribution in [0.2, 0.25) is 0 Å². The van der Waals surface area contributed by atoms with Crippen molar-refractivity contribution in [1.82, 2.24) is 16.0 Å². The predicted octanol–water partition coefficient (Wildman–Crippen LogP) is 2.35. The molecule has 19 heteroatoms. The van der Waals surface area contributed by atoms with Crippen molar-refractivity contribution in [1.29, 1.82) is 0 Å². The predicted molar refractivity (Wildman–Crippen MR) is 212 cm³/mol. The maximum absolute atomic E-state index is 12.4. The molecule has 19 nitrogen and oxygen atoms in total. The van der Waals surface area contributed by atoms with Crippen molar-refractivity contribution in [2.45, 2.75) is 135 Å². The second kappa shape index (κ2) is 39.6. The Hall–Kier alpha value is -4.20. The van der Waals surface area contributed by atoms with Crippen molar-refractivity contribution in [2.24, 2.45) is 11.7 Å². The molecule has 0 aliphatic carbocycles. The molecule has 0 aliphatic heterocycles. The molecule has 58 heavy (non-hydrogen) atoms. The second-order valence-corrected chi connectivity index (χ2v) is 13.8. The molecule has 4 amide bonds.